The molecule has 0 radical (unpaired) electrons. The molecule has 0 aliphatic carbocycles. The van der Waals surface area contributed by atoms with Crippen LogP contribution in [0.5, 0.6) is 0 Å². The molecule has 0 heterocycles. The highest BCUT2D eigenvalue weighted by atomic mass is 16.2. The summed E-state index contributed by atoms with van der Waals surface area (Å²) >= 11 is 0. The van der Waals surface area contributed by atoms with Gasteiger partial charge in [-0.1, -0.05) is 17.9 Å². The van der Waals surface area contributed by atoms with Crippen LogP contribution < -0.4 is 11.1 Å². The Kier molecular flexibility index (Phi) is 6.27. The normalized spacial score (nSPS) is 9.35. The molecule has 0 unspecified atom stereocenters. The van der Waals surface area contributed by atoms with Crippen LogP contribution in [0, 0.1) is 11.8 Å². The van der Waals surface area contributed by atoms with Crippen LogP contribution in [-0.4, -0.2) is 43.9 Å². The summed E-state index contributed by atoms with van der Waals surface area (Å²) in [6.45, 7) is 0.654. The van der Waals surface area contributed by atoms with Gasteiger partial charge < -0.3 is 16.0 Å². The maximum absolute atomic E-state index is 12.2. The summed E-state index contributed by atoms with van der Waals surface area (Å²) in [5.74, 6) is 5.41. The van der Waals surface area contributed by atoms with Gasteiger partial charge in [0.25, 0.3) is 5.91 Å². The Morgan fingerprint density at radius 1 is 1.40 bits per heavy atom. The number of benzene rings is 1. The SMILES string of the molecule is CNC(=O)CCN(C)C(=O)c1cccc(C#CCN)c1. The molecule has 0 bridgehead atoms. The first-order valence-electron chi connectivity index (χ1n) is 6.33. The minimum absolute atomic E-state index is 0.0905. The third-order valence-corrected chi connectivity index (χ3v) is 2.74. The first kappa shape index (κ1) is 15.7. The second-order valence-corrected chi connectivity index (χ2v) is 4.24. The molecule has 5 nitrogen and oxygen atoms in total. The third-order valence-electron chi connectivity index (χ3n) is 2.74. The van der Waals surface area contributed by atoms with Gasteiger partial charge in [0.05, 0.1) is 6.54 Å². The lowest BCUT2D eigenvalue weighted by Gasteiger charge is -2.16. The molecule has 0 saturated carbocycles. The van der Waals surface area contributed by atoms with Gasteiger partial charge in [-0.05, 0) is 18.2 Å². The maximum atomic E-state index is 12.2. The molecule has 106 valence electrons. The average Bonchev–Trinajstić information content (AvgIpc) is 2.49. The van der Waals surface area contributed by atoms with Crippen LogP contribution in [0.4, 0.5) is 0 Å². The van der Waals surface area contributed by atoms with Crippen molar-refractivity contribution in [3.05, 3.63) is 35.4 Å². The summed E-state index contributed by atoms with van der Waals surface area (Å²) in [5, 5.41) is 2.52. The Morgan fingerprint density at radius 2 is 2.15 bits per heavy atom. The molecule has 0 atom stereocenters. The number of nitrogens with zero attached hydrogens (tertiary/aromatic N) is 1. The first-order chi connectivity index (χ1) is 9.58. The van der Waals surface area contributed by atoms with Gasteiger partial charge in [-0.3, -0.25) is 9.59 Å². The van der Waals surface area contributed by atoms with E-state index < -0.39 is 0 Å². The van der Waals surface area contributed by atoms with E-state index in [1.165, 1.54) is 4.90 Å². The van der Waals surface area contributed by atoms with Crippen molar-refractivity contribution in [1.82, 2.24) is 10.2 Å². The van der Waals surface area contributed by atoms with E-state index in [2.05, 4.69) is 17.2 Å². The molecule has 1 rings (SSSR count). The van der Waals surface area contributed by atoms with Crippen molar-refractivity contribution < 1.29 is 9.59 Å². The Bertz CT molecular complexity index is 544. The number of nitrogens with two attached hydrogens (primary N) is 1. The highest BCUT2D eigenvalue weighted by Crippen LogP contribution is 2.07. The average molecular weight is 273 g/mol. The van der Waals surface area contributed by atoms with Crippen LogP contribution in [0.1, 0.15) is 22.3 Å². The number of carbonyl (C=O) groups is 2. The Morgan fingerprint density at radius 3 is 2.80 bits per heavy atom. The predicted octanol–water partition coefficient (Wildman–Crippen LogP) is 0.205. The zero-order valence-corrected chi connectivity index (χ0v) is 11.8. The third kappa shape index (κ3) is 4.75. The Labute approximate surface area is 119 Å². The molecule has 20 heavy (non-hydrogen) atoms. The highest BCUT2D eigenvalue weighted by Gasteiger charge is 2.12. The lowest BCUT2D eigenvalue weighted by atomic mass is 10.1. The molecular formula is C15H19N3O2. The van der Waals surface area contributed by atoms with Gasteiger partial charge in [-0.2, -0.15) is 0 Å². The van der Waals surface area contributed by atoms with Crippen molar-refractivity contribution >= 4 is 11.8 Å². The van der Waals surface area contributed by atoms with E-state index in [0.29, 0.717) is 12.1 Å². The van der Waals surface area contributed by atoms with Crippen molar-refractivity contribution in [2.45, 2.75) is 6.42 Å². The van der Waals surface area contributed by atoms with Crippen LogP contribution in [0.3, 0.4) is 0 Å². The molecular weight excluding hydrogens is 254 g/mol. The molecule has 0 saturated heterocycles. The molecule has 0 fully saturated rings. The zero-order valence-electron chi connectivity index (χ0n) is 11.8. The fraction of sp³-hybridized carbons (Fsp3) is 0.333. The summed E-state index contributed by atoms with van der Waals surface area (Å²) < 4.78 is 0. The lowest BCUT2D eigenvalue weighted by Crippen LogP contribution is -2.31. The van der Waals surface area contributed by atoms with E-state index in [1.807, 2.05) is 6.07 Å². The van der Waals surface area contributed by atoms with Gasteiger partial charge >= 0.3 is 0 Å². The number of hydrogen-bond acceptors (Lipinski definition) is 3. The van der Waals surface area contributed by atoms with Crippen molar-refractivity contribution in [2.75, 3.05) is 27.2 Å². The summed E-state index contributed by atoms with van der Waals surface area (Å²) in [4.78, 5) is 24.9. The predicted molar refractivity (Wildman–Crippen MR) is 78.0 cm³/mol. The van der Waals surface area contributed by atoms with Gasteiger partial charge in [0.15, 0.2) is 0 Å². The van der Waals surface area contributed by atoms with Gasteiger partial charge in [0.1, 0.15) is 0 Å². The van der Waals surface area contributed by atoms with E-state index in [9.17, 15) is 9.59 Å². The lowest BCUT2D eigenvalue weighted by molar-refractivity contribution is -0.120. The van der Waals surface area contributed by atoms with Crippen LogP contribution in [-0.2, 0) is 4.79 Å². The Hall–Kier alpha value is -2.32. The summed E-state index contributed by atoms with van der Waals surface area (Å²) in [7, 11) is 3.24. The van der Waals surface area contributed by atoms with E-state index in [0.717, 1.165) is 5.56 Å². The number of nitrogens with one attached hydrogen (secondary N) is 1. The van der Waals surface area contributed by atoms with Crippen LogP contribution >= 0.6 is 0 Å². The summed E-state index contributed by atoms with van der Waals surface area (Å²) in [6.07, 6.45) is 0.283. The number of amides is 2. The molecule has 2 amide bonds. The zero-order chi connectivity index (χ0) is 15.0. The van der Waals surface area contributed by atoms with E-state index in [-0.39, 0.29) is 24.8 Å². The van der Waals surface area contributed by atoms with Gasteiger partial charge in [0.2, 0.25) is 5.91 Å². The molecule has 1 aromatic carbocycles. The van der Waals surface area contributed by atoms with Crippen molar-refractivity contribution in [3.63, 3.8) is 0 Å². The van der Waals surface area contributed by atoms with E-state index in [1.54, 1.807) is 32.3 Å². The highest BCUT2D eigenvalue weighted by molar-refractivity contribution is 5.94. The fourth-order valence-corrected chi connectivity index (χ4v) is 1.60. The Balaban J connectivity index is 2.73. The second kappa shape index (κ2) is 7.97. The quantitative estimate of drug-likeness (QED) is 0.770. The molecule has 0 spiro atoms. The molecule has 1 aromatic rings. The van der Waals surface area contributed by atoms with Crippen molar-refractivity contribution in [3.8, 4) is 11.8 Å². The van der Waals surface area contributed by atoms with Crippen LogP contribution in [0.2, 0.25) is 0 Å². The monoisotopic (exact) mass is 273 g/mol. The second-order valence-electron chi connectivity index (χ2n) is 4.24. The van der Waals surface area contributed by atoms with E-state index >= 15 is 0 Å². The number of carbonyl (C=O) groups excluding carboxylic acids is 2. The smallest absolute Gasteiger partial charge is 0.253 e. The van der Waals surface area contributed by atoms with Crippen molar-refractivity contribution in [2.24, 2.45) is 5.73 Å². The molecule has 0 aromatic heterocycles. The molecule has 0 aliphatic rings. The minimum atomic E-state index is -0.134. The van der Waals surface area contributed by atoms with Gasteiger partial charge in [0, 0.05) is 38.2 Å². The molecule has 5 heteroatoms. The van der Waals surface area contributed by atoms with Crippen LogP contribution in [0.15, 0.2) is 24.3 Å². The standard InChI is InChI=1S/C15H19N3O2/c1-17-14(19)8-10-18(2)15(20)13-7-3-5-12(11-13)6-4-9-16/h3,5,7,11H,8-10,16H2,1-2H3,(H,17,19). The topological polar surface area (TPSA) is 75.4 Å². The summed E-state index contributed by atoms with van der Waals surface area (Å²) in [5.41, 5.74) is 6.62. The van der Waals surface area contributed by atoms with Gasteiger partial charge in [-0.15, -0.1) is 0 Å². The summed E-state index contributed by atoms with van der Waals surface area (Å²) in [6, 6.07) is 7.05. The molecule has 3 N–H and O–H groups in total. The minimum Gasteiger partial charge on any atom is -0.359 e. The first-order valence-corrected chi connectivity index (χ1v) is 6.33. The number of hydrogen-bond donors (Lipinski definition) is 2. The fourth-order valence-electron chi connectivity index (χ4n) is 1.60. The number of rotatable bonds is 4. The van der Waals surface area contributed by atoms with Crippen LogP contribution in [0.25, 0.3) is 0 Å². The van der Waals surface area contributed by atoms with Gasteiger partial charge in [-0.25, -0.2) is 0 Å². The molecule has 0 aliphatic heterocycles. The largest absolute Gasteiger partial charge is 0.359 e. The van der Waals surface area contributed by atoms with E-state index in [4.69, 9.17) is 5.73 Å². The van der Waals surface area contributed by atoms with Crippen molar-refractivity contribution in [1.29, 1.82) is 0 Å². The maximum Gasteiger partial charge on any atom is 0.253 e.